The van der Waals surface area contributed by atoms with Crippen LogP contribution in [0, 0.1) is 0 Å². The lowest BCUT2D eigenvalue weighted by atomic mass is 9.69. The Morgan fingerprint density at radius 2 is 0.662 bits per heavy atom. The molecule has 2 aliphatic rings. The van der Waals surface area contributed by atoms with E-state index in [1.54, 1.807) is 0 Å². The van der Waals surface area contributed by atoms with Gasteiger partial charge < -0.3 is 0 Å². The molecule has 0 bridgehead atoms. The van der Waals surface area contributed by atoms with Crippen LogP contribution in [0.25, 0.3) is 101 Å². The Balaban J connectivity index is 1.00. The molecule has 1 spiro atoms. The van der Waals surface area contributed by atoms with Gasteiger partial charge in [-0.1, -0.05) is 224 Å². The minimum absolute atomic E-state index is 0.476. The van der Waals surface area contributed by atoms with E-state index >= 15 is 0 Å². The predicted molar refractivity (Wildman–Crippen MR) is 266 cm³/mol. The van der Waals surface area contributed by atoms with Crippen molar-refractivity contribution in [3.8, 4) is 89.8 Å². The summed E-state index contributed by atoms with van der Waals surface area (Å²) in [5, 5.41) is 2.48. The summed E-state index contributed by atoms with van der Waals surface area (Å²) in [6, 6.07) is 85.2. The van der Waals surface area contributed by atoms with Crippen molar-refractivity contribution in [3.63, 3.8) is 0 Å². The average molecular weight is 826 g/mol. The fourth-order valence-electron chi connectivity index (χ4n) is 10.7. The molecular weight excluding hydrogens is 787 g/mol. The third-order valence-corrected chi connectivity index (χ3v) is 13.5. The molecule has 0 fully saturated rings. The van der Waals surface area contributed by atoms with Crippen LogP contribution >= 0.6 is 0 Å². The largest absolute Gasteiger partial charge is 0.208 e. The Hall–Kier alpha value is -8.53. The molecule has 0 saturated heterocycles. The van der Waals surface area contributed by atoms with Gasteiger partial charge in [0.15, 0.2) is 17.5 Å². The number of hydrogen-bond donors (Lipinski definition) is 0. The lowest BCUT2D eigenvalue weighted by Gasteiger charge is -2.31. The van der Waals surface area contributed by atoms with E-state index in [-0.39, 0.29) is 0 Å². The highest BCUT2D eigenvalue weighted by Crippen LogP contribution is 2.65. The summed E-state index contributed by atoms with van der Waals surface area (Å²) < 4.78 is 0. The first kappa shape index (κ1) is 37.1. The van der Waals surface area contributed by atoms with Crippen molar-refractivity contribution in [2.75, 3.05) is 0 Å². The van der Waals surface area contributed by atoms with Crippen LogP contribution in [0.1, 0.15) is 22.3 Å². The molecule has 3 nitrogen and oxygen atoms in total. The van der Waals surface area contributed by atoms with Gasteiger partial charge in [-0.2, -0.15) is 0 Å². The molecule has 65 heavy (non-hydrogen) atoms. The predicted octanol–water partition coefficient (Wildman–Crippen LogP) is 15.4. The van der Waals surface area contributed by atoms with Gasteiger partial charge in [0.25, 0.3) is 0 Å². The van der Waals surface area contributed by atoms with Gasteiger partial charge in [0.1, 0.15) is 0 Å². The maximum absolute atomic E-state index is 5.25. The van der Waals surface area contributed by atoms with Gasteiger partial charge >= 0.3 is 0 Å². The van der Waals surface area contributed by atoms with Gasteiger partial charge in [0.05, 0.1) is 5.41 Å². The SMILES string of the molecule is c1ccc(-c2ccc(-c3nc(-c4ccc(-c5ccccc5)cc4)nc(-c4cccc(-c5cc6ccccc6c6c5-c5ccccc5C65c6ccccc6-c6ccccc65)c4)n3)cc2)cc1. The second-order valence-corrected chi connectivity index (χ2v) is 17.1. The van der Waals surface area contributed by atoms with Gasteiger partial charge in [-0.15, -0.1) is 0 Å². The van der Waals surface area contributed by atoms with Crippen LogP contribution in [0.5, 0.6) is 0 Å². The molecule has 0 N–H and O–H groups in total. The maximum atomic E-state index is 5.25. The Morgan fingerprint density at radius 3 is 1.23 bits per heavy atom. The van der Waals surface area contributed by atoms with E-state index in [0.29, 0.717) is 17.5 Å². The second kappa shape index (κ2) is 14.8. The molecule has 2 aliphatic carbocycles. The molecule has 10 aromatic carbocycles. The zero-order valence-corrected chi connectivity index (χ0v) is 35.4. The van der Waals surface area contributed by atoms with Crippen LogP contribution in [0.15, 0.2) is 237 Å². The van der Waals surface area contributed by atoms with Crippen molar-refractivity contribution >= 4 is 10.8 Å². The molecule has 3 heteroatoms. The van der Waals surface area contributed by atoms with Crippen molar-refractivity contribution in [2.45, 2.75) is 5.41 Å². The van der Waals surface area contributed by atoms with E-state index in [2.05, 4.69) is 224 Å². The number of hydrogen-bond acceptors (Lipinski definition) is 3. The molecule has 1 aromatic heterocycles. The summed E-state index contributed by atoms with van der Waals surface area (Å²) in [5.41, 5.74) is 19.7. The Kier molecular flexibility index (Phi) is 8.44. The first-order chi connectivity index (χ1) is 32.2. The van der Waals surface area contributed by atoms with Crippen LogP contribution in [0.4, 0.5) is 0 Å². The Labute approximate surface area is 378 Å². The van der Waals surface area contributed by atoms with E-state index in [9.17, 15) is 0 Å². The molecule has 0 saturated carbocycles. The van der Waals surface area contributed by atoms with Gasteiger partial charge in [-0.05, 0) is 101 Å². The highest BCUT2D eigenvalue weighted by atomic mass is 15.0. The highest BCUT2D eigenvalue weighted by molar-refractivity contribution is 6.09. The molecule has 0 atom stereocenters. The van der Waals surface area contributed by atoms with Gasteiger partial charge in [0, 0.05) is 16.7 Å². The number of benzene rings is 10. The Morgan fingerprint density at radius 1 is 0.262 bits per heavy atom. The quantitative estimate of drug-likeness (QED) is 0.168. The second-order valence-electron chi connectivity index (χ2n) is 17.1. The fourth-order valence-corrected chi connectivity index (χ4v) is 10.7. The standard InChI is InChI=1S/C62H39N3/c1-3-16-40(17-4-1)42-30-34-44(35-31-42)59-63-60(45-36-32-43(33-37-45)41-18-5-2-6-19-41)65-61(64-59)48-22-15-21-46(38-48)53-39-47-20-7-8-23-49(47)58-57(53)52-26-11-14-29-56(52)62(58)54-27-12-9-24-50(54)51-25-10-13-28-55(51)62/h1-39H. The summed E-state index contributed by atoms with van der Waals surface area (Å²) in [4.78, 5) is 15.6. The first-order valence-corrected chi connectivity index (χ1v) is 22.3. The molecule has 0 radical (unpaired) electrons. The summed E-state index contributed by atoms with van der Waals surface area (Å²) in [6.45, 7) is 0. The zero-order valence-electron chi connectivity index (χ0n) is 35.4. The van der Waals surface area contributed by atoms with E-state index in [1.165, 1.54) is 72.0 Å². The summed E-state index contributed by atoms with van der Waals surface area (Å²) in [5.74, 6) is 1.88. The normalized spacial score (nSPS) is 12.7. The van der Waals surface area contributed by atoms with Crippen LogP contribution in [0.3, 0.4) is 0 Å². The molecule has 11 aromatic rings. The third-order valence-electron chi connectivity index (χ3n) is 13.5. The number of rotatable bonds is 6. The van der Waals surface area contributed by atoms with Gasteiger partial charge in [-0.3, -0.25) is 0 Å². The van der Waals surface area contributed by atoms with E-state index in [0.717, 1.165) is 33.4 Å². The fraction of sp³-hybridized carbons (Fsp3) is 0.0161. The molecule has 13 rings (SSSR count). The van der Waals surface area contributed by atoms with Crippen molar-refractivity contribution in [2.24, 2.45) is 0 Å². The molecule has 302 valence electrons. The van der Waals surface area contributed by atoms with Crippen LogP contribution in [-0.2, 0) is 5.41 Å². The van der Waals surface area contributed by atoms with Crippen LogP contribution in [-0.4, -0.2) is 15.0 Å². The molecular formula is C62H39N3. The lowest BCUT2D eigenvalue weighted by molar-refractivity contribution is 0.801. The molecule has 0 aliphatic heterocycles. The van der Waals surface area contributed by atoms with Crippen LogP contribution in [0.2, 0.25) is 0 Å². The average Bonchev–Trinajstić information content (AvgIpc) is 3.87. The monoisotopic (exact) mass is 825 g/mol. The summed E-state index contributed by atoms with van der Waals surface area (Å²) >= 11 is 0. The third kappa shape index (κ3) is 5.79. The van der Waals surface area contributed by atoms with E-state index in [4.69, 9.17) is 15.0 Å². The van der Waals surface area contributed by atoms with Gasteiger partial charge in [-0.25, -0.2) is 15.0 Å². The topological polar surface area (TPSA) is 38.7 Å². The molecule has 1 heterocycles. The van der Waals surface area contributed by atoms with Crippen molar-refractivity contribution < 1.29 is 0 Å². The minimum atomic E-state index is -0.476. The smallest absolute Gasteiger partial charge is 0.164 e. The number of nitrogens with zero attached hydrogens (tertiary/aromatic N) is 3. The Bertz CT molecular complexity index is 3480. The lowest BCUT2D eigenvalue weighted by Crippen LogP contribution is -2.26. The van der Waals surface area contributed by atoms with Crippen molar-refractivity contribution in [3.05, 3.63) is 259 Å². The van der Waals surface area contributed by atoms with E-state index in [1.807, 2.05) is 12.1 Å². The van der Waals surface area contributed by atoms with Crippen LogP contribution < -0.4 is 0 Å². The molecule has 0 unspecified atom stereocenters. The van der Waals surface area contributed by atoms with Crippen molar-refractivity contribution in [1.29, 1.82) is 0 Å². The first-order valence-electron chi connectivity index (χ1n) is 22.3. The molecule has 0 amide bonds. The number of aromatic nitrogens is 3. The minimum Gasteiger partial charge on any atom is -0.208 e. The number of fused-ring (bicyclic) bond motifs is 12. The van der Waals surface area contributed by atoms with Crippen molar-refractivity contribution in [1.82, 2.24) is 15.0 Å². The summed E-state index contributed by atoms with van der Waals surface area (Å²) in [6.07, 6.45) is 0. The van der Waals surface area contributed by atoms with Gasteiger partial charge in [0.2, 0.25) is 0 Å². The summed E-state index contributed by atoms with van der Waals surface area (Å²) in [7, 11) is 0. The highest BCUT2D eigenvalue weighted by Gasteiger charge is 2.53. The zero-order chi connectivity index (χ0) is 42.9. The van der Waals surface area contributed by atoms with E-state index < -0.39 is 5.41 Å². The maximum Gasteiger partial charge on any atom is 0.164 e.